The number of hydrogen-bond acceptors (Lipinski definition) is 5. The van der Waals surface area contributed by atoms with Gasteiger partial charge in [-0.15, -0.1) is 11.3 Å². The molecule has 0 bridgehead atoms. The Bertz CT molecular complexity index is 590. The summed E-state index contributed by atoms with van der Waals surface area (Å²) in [4.78, 5) is 17.2. The van der Waals surface area contributed by atoms with E-state index in [2.05, 4.69) is 4.98 Å². The Kier molecular flexibility index (Phi) is 5.23. The van der Waals surface area contributed by atoms with Crippen LogP contribution in [0, 0.1) is 0 Å². The predicted molar refractivity (Wildman–Crippen MR) is 82.1 cm³/mol. The third-order valence-electron chi connectivity index (χ3n) is 2.43. The normalized spacial score (nSPS) is 10.3. The first-order valence-electron chi connectivity index (χ1n) is 5.76. The van der Waals surface area contributed by atoms with E-state index < -0.39 is 0 Å². The van der Waals surface area contributed by atoms with Crippen molar-refractivity contribution >= 4 is 46.1 Å². The predicted octanol–water partition coefficient (Wildman–Crippen LogP) is 3.88. The molecule has 1 aromatic heterocycles. The van der Waals surface area contributed by atoms with Gasteiger partial charge in [0.2, 0.25) is 0 Å². The van der Waals surface area contributed by atoms with Crippen molar-refractivity contribution in [1.82, 2.24) is 4.98 Å². The topological polar surface area (TPSA) is 42.4 Å². The standard InChI is InChI=1S/C13H12Cl2N2O2S/c1-9(18)5-17(13-6-20-7-16-13)8-19-12-3-2-10(14)4-11(12)15/h2-4,6-7H,5,8H2,1H3. The Morgan fingerprint density at radius 2 is 2.25 bits per heavy atom. The van der Waals surface area contributed by atoms with Gasteiger partial charge in [-0.3, -0.25) is 4.79 Å². The second-order valence-corrected chi connectivity index (χ2v) is 5.66. The first-order chi connectivity index (χ1) is 9.56. The lowest BCUT2D eigenvalue weighted by atomic mass is 10.3. The summed E-state index contributed by atoms with van der Waals surface area (Å²) in [5.74, 6) is 1.25. The highest BCUT2D eigenvalue weighted by Crippen LogP contribution is 2.28. The smallest absolute Gasteiger partial charge is 0.163 e. The summed E-state index contributed by atoms with van der Waals surface area (Å²) < 4.78 is 5.63. The highest BCUT2D eigenvalue weighted by atomic mass is 35.5. The maximum atomic E-state index is 11.3. The van der Waals surface area contributed by atoms with E-state index in [0.717, 1.165) is 0 Å². The molecule has 4 nitrogen and oxygen atoms in total. The fraction of sp³-hybridized carbons (Fsp3) is 0.231. The largest absolute Gasteiger partial charge is 0.471 e. The summed E-state index contributed by atoms with van der Waals surface area (Å²) in [5, 5.41) is 2.83. The maximum absolute atomic E-state index is 11.3. The fourth-order valence-corrected chi connectivity index (χ4v) is 2.59. The number of carbonyl (C=O) groups excluding carboxylic acids is 1. The van der Waals surface area contributed by atoms with Crippen LogP contribution in [0.5, 0.6) is 5.75 Å². The minimum absolute atomic E-state index is 0.0313. The summed E-state index contributed by atoms with van der Waals surface area (Å²) >= 11 is 13.3. The van der Waals surface area contributed by atoms with Crippen molar-refractivity contribution in [2.45, 2.75) is 6.92 Å². The van der Waals surface area contributed by atoms with Gasteiger partial charge in [-0.05, 0) is 25.1 Å². The maximum Gasteiger partial charge on any atom is 0.163 e. The summed E-state index contributed by atoms with van der Waals surface area (Å²) in [6, 6.07) is 5.00. The van der Waals surface area contributed by atoms with Gasteiger partial charge in [0.25, 0.3) is 0 Å². The molecule has 1 heterocycles. The van der Waals surface area contributed by atoms with Crippen LogP contribution in [0.4, 0.5) is 5.82 Å². The number of thiazole rings is 1. The van der Waals surface area contributed by atoms with Crippen LogP contribution < -0.4 is 9.64 Å². The molecule has 0 fully saturated rings. The number of nitrogens with zero attached hydrogens (tertiary/aromatic N) is 2. The summed E-state index contributed by atoms with van der Waals surface area (Å²) in [6.07, 6.45) is 0. The van der Waals surface area contributed by atoms with Gasteiger partial charge in [-0.2, -0.15) is 0 Å². The Labute approximate surface area is 130 Å². The van der Waals surface area contributed by atoms with Crippen molar-refractivity contribution in [2.24, 2.45) is 0 Å². The molecule has 7 heteroatoms. The molecule has 0 radical (unpaired) electrons. The number of aromatic nitrogens is 1. The van der Waals surface area contributed by atoms with Crippen LogP contribution in [0.15, 0.2) is 29.1 Å². The first kappa shape index (κ1) is 15.1. The van der Waals surface area contributed by atoms with E-state index in [-0.39, 0.29) is 19.1 Å². The molecule has 0 unspecified atom stereocenters. The lowest BCUT2D eigenvalue weighted by Crippen LogP contribution is -2.32. The number of ketones is 1. The monoisotopic (exact) mass is 330 g/mol. The van der Waals surface area contributed by atoms with Crippen molar-refractivity contribution in [3.05, 3.63) is 39.1 Å². The zero-order chi connectivity index (χ0) is 14.5. The van der Waals surface area contributed by atoms with Crippen molar-refractivity contribution in [3.8, 4) is 5.75 Å². The molecule has 0 aliphatic heterocycles. The molecule has 0 amide bonds. The third kappa shape index (κ3) is 4.10. The number of ether oxygens (including phenoxy) is 1. The Morgan fingerprint density at radius 1 is 1.45 bits per heavy atom. The molecule has 2 aromatic rings. The molecule has 20 heavy (non-hydrogen) atoms. The van der Waals surface area contributed by atoms with E-state index in [1.807, 2.05) is 5.38 Å². The molecule has 106 valence electrons. The lowest BCUT2D eigenvalue weighted by molar-refractivity contribution is -0.115. The van der Waals surface area contributed by atoms with Crippen LogP contribution in [0.2, 0.25) is 10.0 Å². The van der Waals surface area contributed by atoms with Crippen LogP contribution in [-0.4, -0.2) is 24.0 Å². The van der Waals surface area contributed by atoms with Gasteiger partial charge in [0.15, 0.2) is 6.73 Å². The van der Waals surface area contributed by atoms with Crippen LogP contribution >= 0.6 is 34.5 Å². The number of halogens is 2. The summed E-state index contributed by atoms with van der Waals surface area (Å²) in [5.41, 5.74) is 1.71. The van der Waals surface area contributed by atoms with Gasteiger partial charge in [0.05, 0.1) is 17.1 Å². The van der Waals surface area contributed by atoms with E-state index in [1.165, 1.54) is 18.3 Å². The van der Waals surface area contributed by atoms with Crippen LogP contribution in [0.1, 0.15) is 6.92 Å². The zero-order valence-electron chi connectivity index (χ0n) is 10.7. The van der Waals surface area contributed by atoms with Gasteiger partial charge in [0.1, 0.15) is 17.4 Å². The minimum Gasteiger partial charge on any atom is -0.471 e. The van der Waals surface area contributed by atoms with E-state index in [1.54, 1.807) is 28.6 Å². The molecule has 0 spiro atoms. The number of rotatable bonds is 6. The average Bonchev–Trinajstić information content (AvgIpc) is 2.89. The van der Waals surface area contributed by atoms with Crippen molar-refractivity contribution < 1.29 is 9.53 Å². The lowest BCUT2D eigenvalue weighted by Gasteiger charge is -2.21. The van der Waals surface area contributed by atoms with Crippen molar-refractivity contribution in [3.63, 3.8) is 0 Å². The number of hydrogen-bond donors (Lipinski definition) is 0. The molecular weight excluding hydrogens is 319 g/mol. The molecule has 0 atom stereocenters. The molecule has 0 aliphatic carbocycles. The molecule has 0 saturated carbocycles. The zero-order valence-corrected chi connectivity index (χ0v) is 13.0. The highest BCUT2D eigenvalue weighted by molar-refractivity contribution is 7.07. The van der Waals surface area contributed by atoms with Crippen LogP contribution in [-0.2, 0) is 4.79 Å². The van der Waals surface area contributed by atoms with E-state index in [9.17, 15) is 4.79 Å². The fourth-order valence-electron chi connectivity index (χ4n) is 1.56. The molecule has 0 N–H and O–H groups in total. The van der Waals surface area contributed by atoms with Gasteiger partial charge >= 0.3 is 0 Å². The van der Waals surface area contributed by atoms with Gasteiger partial charge in [-0.25, -0.2) is 4.98 Å². The van der Waals surface area contributed by atoms with Crippen LogP contribution in [0.25, 0.3) is 0 Å². The molecule has 2 rings (SSSR count). The molecular formula is C13H12Cl2N2O2S. The molecule has 1 aromatic carbocycles. The quantitative estimate of drug-likeness (QED) is 0.754. The molecule has 0 saturated heterocycles. The number of benzene rings is 1. The number of carbonyl (C=O) groups is 1. The molecule has 0 aliphatic rings. The van der Waals surface area contributed by atoms with Gasteiger partial charge < -0.3 is 9.64 Å². The SMILES string of the molecule is CC(=O)CN(COc1ccc(Cl)cc1Cl)c1cscn1. The van der Waals surface area contributed by atoms with E-state index in [4.69, 9.17) is 27.9 Å². The second kappa shape index (κ2) is 6.92. The third-order valence-corrected chi connectivity index (χ3v) is 3.53. The van der Waals surface area contributed by atoms with E-state index >= 15 is 0 Å². The Balaban J connectivity index is 2.07. The second-order valence-electron chi connectivity index (χ2n) is 4.09. The Hall–Kier alpha value is -1.30. The Morgan fingerprint density at radius 3 is 2.85 bits per heavy atom. The number of anilines is 1. The van der Waals surface area contributed by atoms with Crippen molar-refractivity contribution in [1.29, 1.82) is 0 Å². The highest BCUT2D eigenvalue weighted by Gasteiger charge is 2.12. The first-order valence-corrected chi connectivity index (χ1v) is 7.46. The summed E-state index contributed by atoms with van der Waals surface area (Å²) in [6.45, 7) is 1.94. The summed E-state index contributed by atoms with van der Waals surface area (Å²) in [7, 11) is 0. The van der Waals surface area contributed by atoms with Gasteiger partial charge in [0, 0.05) is 10.4 Å². The minimum atomic E-state index is 0.0313. The average molecular weight is 331 g/mol. The van der Waals surface area contributed by atoms with E-state index in [0.29, 0.717) is 21.6 Å². The number of Topliss-reactive ketones (excluding diaryl/α,β-unsaturated/α-hetero) is 1. The van der Waals surface area contributed by atoms with Crippen molar-refractivity contribution in [2.75, 3.05) is 18.2 Å². The van der Waals surface area contributed by atoms with Gasteiger partial charge in [-0.1, -0.05) is 23.2 Å². The van der Waals surface area contributed by atoms with Crippen LogP contribution in [0.3, 0.4) is 0 Å².